The van der Waals surface area contributed by atoms with E-state index in [9.17, 15) is 19.5 Å². The molecular formula is C31H38FN3O5Si. The summed E-state index contributed by atoms with van der Waals surface area (Å²) in [6.07, 6.45) is 1.15. The molecular weight excluding hydrogens is 541 g/mol. The van der Waals surface area contributed by atoms with E-state index < -0.39 is 31.6 Å². The van der Waals surface area contributed by atoms with Crippen LogP contribution in [-0.2, 0) is 31.3 Å². The minimum absolute atomic E-state index is 0.00713. The van der Waals surface area contributed by atoms with Crippen LogP contribution in [0.5, 0.6) is 0 Å². The molecule has 3 aliphatic rings. The predicted molar refractivity (Wildman–Crippen MR) is 158 cm³/mol. The van der Waals surface area contributed by atoms with Crippen LogP contribution in [0, 0.1) is 5.92 Å². The van der Waals surface area contributed by atoms with Crippen molar-refractivity contribution in [3.8, 4) is 0 Å². The summed E-state index contributed by atoms with van der Waals surface area (Å²) in [6.45, 7) is 9.92. The second-order valence-electron chi connectivity index (χ2n) is 11.7. The first kappa shape index (κ1) is 29.2. The van der Waals surface area contributed by atoms with Gasteiger partial charge in [-0.15, -0.1) is 6.58 Å². The predicted octanol–water partition coefficient (Wildman–Crippen LogP) is 4.14. The largest absolute Gasteiger partial charge is 0.395 e. The van der Waals surface area contributed by atoms with Crippen LogP contribution in [-0.4, -0.2) is 68.5 Å². The number of amides is 3. The first-order valence-electron chi connectivity index (χ1n) is 14.2. The molecule has 0 aliphatic carbocycles. The SMILES string of the molecule is C=CCN1C(=O)[C@]2(O[C@H](CC(=O)N(CCO)Cc3ccccc3)[C@@H]([Si](C)(C)F)[C@@H]2C)c2cc(N3CCC3=O)ccc21. The molecule has 5 rings (SSSR count). The van der Waals surface area contributed by atoms with E-state index in [1.54, 1.807) is 33.9 Å². The maximum atomic E-state index is 16.1. The van der Waals surface area contributed by atoms with Crippen molar-refractivity contribution >= 4 is 37.5 Å². The van der Waals surface area contributed by atoms with Crippen molar-refractivity contribution in [1.29, 1.82) is 0 Å². The van der Waals surface area contributed by atoms with Crippen molar-refractivity contribution in [2.75, 3.05) is 36.0 Å². The zero-order valence-electron chi connectivity index (χ0n) is 23.9. The van der Waals surface area contributed by atoms with E-state index in [4.69, 9.17) is 4.74 Å². The summed E-state index contributed by atoms with van der Waals surface area (Å²) in [5, 5.41) is 9.69. The van der Waals surface area contributed by atoms with Crippen LogP contribution in [0.25, 0.3) is 0 Å². The summed E-state index contributed by atoms with van der Waals surface area (Å²) in [5.41, 5.74) is 0.700. The Hall–Kier alpha value is -3.34. The van der Waals surface area contributed by atoms with Gasteiger partial charge in [0.2, 0.25) is 20.2 Å². The highest BCUT2D eigenvalue weighted by Crippen LogP contribution is 2.60. The quantitative estimate of drug-likeness (QED) is 0.198. The van der Waals surface area contributed by atoms with Crippen molar-refractivity contribution in [1.82, 2.24) is 4.90 Å². The number of carbonyl (C=O) groups is 3. The first-order valence-corrected chi connectivity index (χ1v) is 17.2. The number of rotatable bonds is 10. The van der Waals surface area contributed by atoms with Gasteiger partial charge in [0.25, 0.3) is 5.91 Å². The van der Waals surface area contributed by atoms with Crippen LogP contribution in [0.1, 0.15) is 30.9 Å². The van der Waals surface area contributed by atoms with Gasteiger partial charge in [0.15, 0.2) is 5.60 Å². The lowest BCUT2D eigenvalue weighted by molar-refractivity contribution is -0.149. The summed E-state index contributed by atoms with van der Waals surface area (Å²) in [7, 11) is -3.47. The molecule has 3 aliphatic heterocycles. The molecule has 8 nitrogen and oxygen atoms in total. The van der Waals surface area contributed by atoms with Gasteiger partial charge in [0.05, 0.1) is 24.8 Å². The Kier molecular flexibility index (Phi) is 7.93. The topological polar surface area (TPSA) is 90.4 Å². The molecule has 3 amide bonds. The number of anilines is 2. The lowest BCUT2D eigenvalue weighted by atomic mass is 9.82. The highest BCUT2D eigenvalue weighted by atomic mass is 28.4. The van der Waals surface area contributed by atoms with E-state index in [0.29, 0.717) is 36.4 Å². The van der Waals surface area contributed by atoms with E-state index in [0.717, 1.165) is 5.56 Å². The van der Waals surface area contributed by atoms with Gasteiger partial charge in [-0.25, -0.2) is 0 Å². The zero-order chi connectivity index (χ0) is 29.5. The van der Waals surface area contributed by atoms with Crippen molar-refractivity contribution < 1.29 is 28.3 Å². The number of benzene rings is 2. The Bertz CT molecular complexity index is 1350. The van der Waals surface area contributed by atoms with Crippen LogP contribution < -0.4 is 9.80 Å². The second-order valence-corrected chi connectivity index (χ2v) is 15.5. The number of carbonyl (C=O) groups excluding carboxylic acids is 3. The van der Waals surface area contributed by atoms with Gasteiger partial charge < -0.3 is 28.7 Å². The molecule has 10 heteroatoms. The van der Waals surface area contributed by atoms with Gasteiger partial charge in [0.1, 0.15) is 0 Å². The van der Waals surface area contributed by atoms with Crippen LogP contribution in [0.3, 0.4) is 0 Å². The maximum absolute atomic E-state index is 16.1. The fourth-order valence-electron chi connectivity index (χ4n) is 6.82. The molecule has 1 spiro atoms. The molecule has 0 unspecified atom stereocenters. The average molecular weight is 580 g/mol. The molecule has 0 saturated carbocycles. The number of fused-ring (bicyclic) bond motifs is 2. The Morgan fingerprint density at radius 3 is 2.56 bits per heavy atom. The van der Waals surface area contributed by atoms with Gasteiger partial charge in [-0.3, -0.25) is 14.4 Å². The fraction of sp³-hybridized carbons (Fsp3) is 0.452. The van der Waals surface area contributed by atoms with E-state index in [2.05, 4.69) is 6.58 Å². The molecule has 1 N–H and O–H groups in total. The van der Waals surface area contributed by atoms with E-state index >= 15 is 4.11 Å². The first-order chi connectivity index (χ1) is 19.5. The van der Waals surface area contributed by atoms with Crippen LogP contribution in [0.4, 0.5) is 15.5 Å². The molecule has 4 atom stereocenters. The number of β-lactam (4-membered cyclic amide) rings is 1. The third-order valence-electron chi connectivity index (χ3n) is 8.73. The lowest BCUT2D eigenvalue weighted by Gasteiger charge is -2.33. The smallest absolute Gasteiger partial charge is 0.264 e. The van der Waals surface area contributed by atoms with Crippen molar-refractivity contribution in [2.45, 2.75) is 56.7 Å². The van der Waals surface area contributed by atoms with E-state index in [1.165, 1.54) is 0 Å². The van der Waals surface area contributed by atoms with Gasteiger partial charge in [-0.1, -0.05) is 43.3 Å². The number of halogens is 1. The van der Waals surface area contributed by atoms with Crippen LogP contribution in [0.2, 0.25) is 18.6 Å². The minimum atomic E-state index is -3.47. The summed E-state index contributed by atoms with van der Waals surface area (Å²) < 4.78 is 22.8. The van der Waals surface area contributed by atoms with E-state index in [1.807, 2.05) is 55.5 Å². The monoisotopic (exact) mass is 579 g/mol. The Morgan fingerprint density at radius 1 is 1.24 bits per heavy atom. The van der Waals surface area contributed by atoms with Gasteiger partial charge in [0, 0.05) is 55.3 Å². The molecule has 2 fully saturated rings. The van der Waals surface area contributed by atoms with Gasteiger partial charge in [-0.05, 0) is 36.9 Å². The number of aliphatic hydroxyl groups is 1. The van der Waals surface area contributed by atoms with Crippen molar-refractivity contribution in [2.24, 2.45) is 5.92 Å². The Labute approximate surface area is 241 Å². The number of aliphatic hydroxyl groups excluding tert-OH is 1. The molecule has 3 heterocycles. The zero-order valence-corrected chi connectivity index (χ0v) is 24.9. The van der Waals surface area contributed by atoms with Gasteiger partial charge >= 0.3 is 0 Å². The summed E-state index contributed by atoms with van der Waals surface area (Å²) in [5.74, 6) is -1.13. The molecule has 2 saturated heterocycles. The standard InChI is InChI=1S/C31H38FN3O5Si/c1-5-14-35-25-12-11-23(34-15-13-27(34)37)18-24(25)31(30(35)39)21(2)29(41(3,4)32)26(40-31)19-28(38)33(16-17-36)20-22-9-7-6-8-10-22/h5-12,18,21,26,29,36H,1,13-17,19-20H2,2-4H3/t21-,26+,29-,31+/m0/s1. The summed E-state index contributed by atoms with van der Waals surface area (Å²) >= 11 is 0. The average Bonchev–Trinajstić information content (AvgIpc) is 3.34. The molecule has 0 aromatic heterocycles. The fourth-order valence-corrected chi connectivity index (χ4v) is 9.31. The highest BCUT2D eigenvalue weighted by molar-refractivity contribution is 6.72. The molecule has 2 aromatic rings. The number of ether oxygens (including phenoxy) is 1. The molecule has 0 radical (unpaired) electrons. The van der Waals surface area contributed by atoms with Crippen LogP contribution in [0.15, 0.2) is 61.2 Å². The number of nitrogens with zero attached hydrogens (tertiary/aromatic N) is 3. The summed E-state index contributed by atoms with van der Waals surface area (Å²) in [6, 6.07) is 14.9. The molecule has 0 bridgehead atoms. The Morgan fingerprint density at radius 2 is 1.98 bits per heavy atom. The highest BCUT2D eigenvalue weighted by Gasteiger charge is 2.67. The Balaban J connectivity index is 1.52. The molecule has 41 heavy (non-hydrogen) atoms. The van der Waals surface area contributed by atoms with Crippen LogP contribution >= 0.6 is 0 Å². The van der Waals surface area contributed by atoms with Gasteiger partial charge in [-0.2, -0.15) is 0 Å². The third kappa shape index (κ3) is 5.02. The lowest BCUT2D eigenvalue weighted by Crippen LogP contribution is -2.45. The van der Waals surface area contributed by atoms with Crippen molar-refractivity contribution in [3.63, 3.8) is 0 Å². The molecule has 218 valence electrons. The maximum Gasteiger partial charge on any atom is 0.264 e. The summed E-state index contributed by atoms with van der Waals surface area (Å²) in [4.78, 5) is 45.0. The minimum Gasteiger partial charge on any atom is -0.395 e. The second kappa shape index (κ2) is 11.1. The van der Waals surface area contributed by atoms with E-state index in [-0.39, 0.29) is 43.8 Å². The molecule has 2 aromatic carbocycles. The normalized spacial score (nSPS) is 25.4. The third-order valence-corrected chi connectivity index (χ3v) is 11.2. The number of hydrogen-bond donors (Lipinski definition) is 1. The van der Waals surface area contributed by atoms with Crippen molar-refractivity contribution in [3.05, 3.63) is 72.3 Å². The number of hydrogen-bond acceptors (Lipinski definition) is 5.